The Kier molecular flexibility index (Phi) is 4.98. The molecule has 1 amide bonds. The van der Waals surface area contributed by atoms with Gasteiger partial charge in [-0.25, -0.2) is 4.79 Å². The summed E-state index contributed by atoms with van der Waals surface area (Å²) >= 11 is 0. The molecule has 1 aliphatic rings. The van der Waals surface area contributed by atoms with E-state index in [-0.39, 0.29) is 23.5 Å². The smallest absolute Gasteiger partial charge is 0.372 e. The van der Waals surface area contributed by atoms with Gasteiger partial charge in [-0.2, -0.15) is 0 Å². The lowest BCUT2D eigenvalue weighted by Crippen LogP contribution is -2.42. The average Bonchev–Trinajstić information content (AvgIpc) is 3.08. The number of methoxy groups -OCH3 is 1. The molecule has 1 aromatic heterocycles. The Labute approximate surface area is 122 Å². The molecule has 2 rings (SSSR count). The highest BCUT2D eigenvalue weighted by atomic mass is 16.5. The van der Waals surface area contributed by atoms with Crippen LogP contribution in [0.5, 0.6) is 0 Å². The summed E-state index contributed by atoms with van der Waals surface area (Å²) in [6, 6.07) is 1.42. The van der Waals surface area contributed by atoms with Crippen LogP contribution in [0.2, 0.25) is 0 Å². The van der Waals surface area contributed by atoms with Crippen LogP contribution in [0.1, 0.15) is 33.1 Å². The lowest BCUT2D eigenvalue weighted by atomic mass is 10.2. The number of rotatable bonds is 6. The van der Waals surface area contributed by atoms with Crippen LogP contribution in [0.4, 0.5) is 0 Å². The number of ether oxygens (including phenoxy) is 2. The van der Waals surface area contributed by atoms with Gasteiger partial charge in [-0.05, 0) is 19.4 Å². The molecule has 0 aromatic carbocycles. The fourth-order valence-corrected chi connectivity index (χ4v) is 2.35. The standard InChI is InChI=1S/C14H19NO6/c1-9-7-11(21-12(9)14(17)18)13(16)15(4-6-19-2)10-3-5-20-8-10/h7,10H,3-6,8H2,1-2H3,(H,17,18). The van der Waals surface area contributed by atoms with E-state index in [0.29, 0.717) is 31.9 Å². The van der Waals surface area contributed by atoms with Crippen molar-refractivity contribution in [1.29, 1.82) is 0 Å². The van der Waals surface area contributed by atoms with Gasteiger partial charge in [0.1, 0.15) is 0 Å². The quantitative estimate of drug-likeness (QED) is 0.847. The summed E-state index contributed by atoms with van der Waals surface area (Å²) < 4.78 is 15.5. The van der Waals surface area contributed by atoms with Crippen molar-refractivity contribution in [3.05, 3.63) is 23.2 Å². The topological polar surface area (TPSA) is 89.2 Å². The summed E-state index contributed by atoms with van der Waals surface area (Å²) in [5, 5.41) is 8.99. The molecular formula is C14H19NO6. The molecule has 1 fully saturated rings. The van der Waals surface area contributed by atoms with Gasteiger partial charge in [-0.15, -0.1) is 0 Å². The van der Waals surface area contributed by atoms with Crippen molar-refractivity contribution in [1.82, 2.24) is 4.90 Å². The zero-order valence-corrected chi connectivity index (χ0v) is 12.1. The second kappa shape index (κ2) is 6.73. The maximum Gasteiger partial charge on any atom is 0.372 e. The summed E-state index contributed by atoms with van der Waals surface area (Å²) in [6.45, 7) is 3.49. The largest absolute Gasteiger partial charge is 0.475 e. The Balaban J connectivity index is 2.20. The molecular weight excluding hydrogens is 278 g/mol. The number of carboxylic acid groups (broad SMARTS) is 1. The third-order valence-electron chi connectivity index (χ3n) is 3.47. The van der Waals surface area contributed by atoms with Gasteiger partial charge in [0.15, 0.2) is 5.76 Å². The van der Waals surface area contributed by atoms with Crippen molar-refractivity contribution in [2.75, 3.05) is 33.5 Å². The molecule has 0 saturated carbocycles. The predicted octanol–water partition coefficient (Wildman–Crippen LogP) is 1.16. The van der Waals surface area contributed by atoms with E-state index >= 15 is 0 Å². The number of nitrogens with zero attached hydrogens (tertiary/aromatic N) is 1. The predicted molar refractivity (Wildman–Crippen MR) is 72.5 cm³/mol. The van der Waals surface area contributed by atoms with Crippen LogP contribution >= 0.6 is 0 Å². The van der Waals surface area contributed by atoms with Crippen LogP contribution in [-0.4, -0.2) is 61.4 Å². The van der Waals surface area contributed by atoms with Crippen LogP contribution < -0.4 is 0 Å². The number of hydrogen-bond acceptors (Lipinski definition) is 5. The molecule has 116 valence electrons. The van der Waals surface area contributed by atoms with E-state index in [2.05, 4.69) is 0 Å². The van der Waals surface area contributed by atoms with Gasteiger partial charge in [-0.3, -0.25) is 4.79 Å². The van der Waals surface area contributed by atoms with Crippen LogP contribution in [0.25, 0.3) is 0 Å². The van der Waals surface area contributed by atoms with Gasteiger partial charge in [-0.1, -0.05) is 0 Å². The first kappa shape index (κ1) is 15.5. The van der Waals surface area contributed by atoms with Crippen molar-refractivity contribution in [2.45, 2.75) is 19.4 Å². The Bertz CT molecular complexity index is 518. The zero-order chi connectivity index (χ0) is 15.4. The van der Waals surface area contributed by atoms with E-state index in [9.17, 15) is 9.59 Å². The Morgan fingerprint density at radius 3 is 2.81 bits per heavy atom. The second-order valence-corrected chi connectivity index (χ2v) is 4.94. The van der Waals surface area contributed by atoms with Crippen LogP contribution in [0.15, 0.2) is 10.5 Å². The summed E-state index contributed by atoms with van der Waals surface area (Å²) in [7, 11) is 1.56. The number of hydrogen-bond donors (Lipinski definition) is 1. The molecule has 1 atom stereocenters. The lowest BCUT2D eigenvalue weighted by molar-refractivity contribution is 0.0538. The van der Waals surface area contributed by atoms with Gasteiger partial charge in [0, 0.05) is 25.8 Å². The van der Waals surface area contributed by atoms with E-state index in [4.69, 9.17) is 19.0 Å². The normalized spacial score (nSPS) is 17.9. The minimum Gasteiger partial charge on any atom is -0.475 e. The summed E-state index contributed by atoms with van der Waals surface area (Å²) in [5.74, 6) is -1.68. The fourth-order valence-electron chi connectivity index (χ4n) is 2.35. The van der Waals surface area contributed by atoms with Crippen molar-refractivity contribution in [3.63, 3.8) is 0 Å². The number of carbonyl (C=O) groups excluding carboxylic acids is 1. The summed E-state index contributed by atoms with van der Waals surface area (Å²) in [6.07, 6.45) is 0.751. The third kappa shape index (κ3) is 3.43. The van der Waals surface area contributed by atoms with E-state index in [1.54, 1.807) is 18.9 Å². The molecule has 21 heavy (non-hydrogen) atoms. The van der Waals surface area contributed by atoms with Crippen molar-refractivity contribution >= 4 is 11.9 Å². The van der Waals surface area contributed by atoms with E-state index in [1.807, 2.05) is 0 Å². The number of carbonyl (C=O) groups is 2. The number of aryl methyl sites for hydroxylation is 1. The van der Waals surface area contributed by atoms with Crippen LogP contribution in [0, 0.1) is 6.92 Å². The van der Waals surface area contributed by atoms with E-state index in [0.717, 1.165) is 6.42 Å². The number of amides is 1. The van der Waals surface area contributed by atoms with E-state index < -0.39 is 5.97 Å². The maximum atomic E-state index is 12.6. The molecule has 1 N–H and O–H groups in total. The molecule has 1 saturated heterocycles. The van der Waals surface area contributed by atoms with Gasteiger partial charge in [0.25, 0.3) is 5.91 Å². The Morgan fingerprint density at radius 1 is 1.52 bits per heavy atom. The molecule has 0 aliphatic carbocycles. The monoisotopic (exact) mass is 297 g/mol. The van der Waals surface area contributed by atoms with Gasteiger partial charge in [0.05, 0.1) is 19.3 Å². The summed E-state index contributed by atoms with van der Waals surface area (Å²) in [4.78, 5) is 25.2. The first-order valence-electron chi connectivity index (χ1n) is 6.76. The number of furan rings is 1. The van der Waals surface area contributed by atoms with Crippen molar-refractivity contribution in [3.8, 4) is 0 Å². The van der Waals surface area contributed by atoms with Crippen LogP contribution in [0.3, 0.4) is 0 Å². The molecule has 0 radical (unpaired) electrons. The molecule has 1 unspecified atom stereocenters. The Morgan fingerprint density at radius 2 is 2.29 bits per heavy atom. The first-order chi connectivity index (χ1) is 10.0. The number of carboxylic acids is 1. The summed E-state index contributed by atoms with van der Waals surface area (Å²) in [5.41, 5.74) is 0.431. The highest BCUT2D eigenvalue weighted by Crippen LogP contribution is 2.20. The maximum absolute atomic E-state index is 12.6. The highest BCUT2D eigenvalue weighted by Gasteiger charge is 2.30. The minimum atomic E-state index is -1.18. The average molecular weight is 297 g/mol. The fraction of sp³-hybridized carbons (Fsp3) is 0.571. The zero-order valence-electron chi connectivity index (χ0n) is 12.1. The van der Waals surface area contributed by atoms with Gasteiger partial charge in [0.2, 0.25) is 5.76 Å². The Hall–Kier alpha value is -1.86. The molecule has 7 heteroatoms. The second-order valence-electron chi connectivity index (χ2n) is 4.94. The first-order valence-corrected chi connectivity index (χ1v) is 6.76. The van der Waals surface area contributed by atoms with Gasteiger partial charge < -0.3 is 23.9 Å². The van der Waals surface area contributed by atoms with Crippen molar-refractivity contribution < 1.29 is 28.6 Å². The van der Waals surface area contributed by atoms with Gasteiger partial charge >= 0.3 is 5.97 Å². The molecule has 2 heterocycles. The SMILES string of the molecule is COCCN(C(=O)c1cc(C)c(C(=O)O)o1)C1CCOC1. The number of aromatic carboxylic acids is 1. The van der Waals surface area contributed by atoms with Crippen LogP contribution in [-0.2, 0) is 9.47 Å². The van der Waals surface area contributed by atoms with Crippen molar-refractivity contribution in [2.24, 2.45) is 0 Å². The molecule has 1 aliphatic heterocycles. The van der Waals surface area contributed by atoms with E-state index in [1.165, 1.54) is 6.07 Å². The molecule has 7 nitrogen and oxygen atoms in total. The molecule has 0 bridgehead atoms. The lowest BCUT2D eigenvalue weighted by Gasteiger charge is -2.26. The highest BCUT2D eigenvalue weighted by molar-refractivity contribution is 5.94. The molecule has 1 aromatic rings. The minimum absolute atomic E-state index is 0.0351. The molecule has 0 spiro atoms. The third-order valence-corrected chi connectivity index (χ3v) is 3.47.